The van der Waals surface area contributed by atoms with Crippen LogP contribution >= 0.6 is 0 Å². The van der Waals surface area contributed by atoms with E-state index in [1.165, 1.54) is 12.3 Å². The van der Waals surface area contributed by atoms with Crippen molar-refractivity contribution >= 4 is 5.78 Å². The van der Waals surface area contributed by atoms with Gasteiger partial charge in [-0.25, -0.2) is 4.39 Å². The number of halogens is 1. The number of carbonyl (C=O) groups is 1. The van der Waals surface area contributed by atoms with Gasteiger partial charge in [0.1, 0.15) is 5.82 Å². The number of hydrogen-bond acceptors (Lipinski definition) is 3. The Hall–Kier alpha value is -1.29. The predicted octanol–water partition coefficient (Wildman–Crippen LogP) is 1.79. The zero-order chi connectivity index (χ0) is 11.3. The molecule has 0 radical (unpaired) electrons. The van der Waals surface area contributed by atoms with Gasteiger partial charge in [-0.1, -0.05) is 13.8 Å². The molecule has 15 heavy (non-hydrogen) atoms. The number of carbonyl (C=O) groups excluding carboxylic acids is 1. The number of pyridine rings is 1. The third-order valence-electron chi connectivity index (χ3n) is 1.93. The van der Waals surface area contributed by atoms with Gasteiger partial charge in [0.05, 0.1) is 6.20 Å². The molecule has 0 bridgehead atoms. The fourth-order valence-electron chi connectivity index (χ4n) is 1.18. The van der Waals surface area contributed by atoms with Crippen LogP contribution in [0.1, 0.15) is 30.6 Å². The highest BCUT2D eigenvalue weighted by atomic mass is 19.1. The van der Waals surface area contributed by atoms with Crippen molar-refractivity contribution in [2.75, 3.05) is 6.54 Å². The van der Waals surface area contributed by atoms with E-state index in [2.05, 4.69) is 10.3 Å². The van der Waals surface area contributed by atoms with Gasteiger partial charge in [0.2, 0.25) is 0 Å². The van der Waals surface area contributed by atoms with E-state index in [0.717, 1.165) is 6.20 Å². The summed E-state index contributed by atoms with van der Waals surface area (Å²) in [5.41, 5.74) is 0.334. The topological polar surface area (TPSA) is 42.0 Å². The van der Waals surface area contributed by atoms with Gasteiger partial charge in [-0.2, -0.15) is 0 Å². The maximum atomic E-state index is 12.7. The van der Waals surface area contributed by atoms with Crippen LogP contribution in [-0.4, -0.2) is 23.4 Å². The fraction of sp³-hybridized carbons (Fsp3) is 0.455. The van der Waals surface area contributed by atoms with Gasteiger partial charge < -0.3 is 5.32 Å². The van der Waals surface area contributed by atoms with Crippen molar-refractivity contribution < 1.29 is 9.18 Å². The molecule has 0 unspecified atom stereocenters. The maximum Gasteiger partial charge on any atom is 0.165 e. The minimum atomic E-state index is -0.474. The van der Waals surface area contributed by atoms with E-state index in [1.54, 1.807) is 0 Å². The van der Waals surface area contributed by atoms with Crippen molar-refractivity contribution in [2.24, 2.45) is 0 Å². The second kappa shape index (κ2) is 5.56. The lowest BCUT2D eigenvalue weighted by molar-refractivity contribution is 0.0981. The summed E-state index contributed by atoms with van der Waals surface area (Å²) in [6, 6.07) is 1.56. The molecule has 3 nitrogen and oxygen atoms in total. The van der Waals surface area contributed by atoms with Gasteiger partial charge in [0, 0.05) is 30.8 Å². The average molecular weight is 210 g/mol. The lowest BCUT2D eigenvalue weighted by Crippen LogP contribution is -2.25. The molecule has 82 valence electrons. The van der Waals surface area contributed by atoms with Crippen LogP contribution in [0.5, 0.6) is 0 Å². The predicted molar refractivity (Wildman–Crippen MR) is 56.3 cm³/mol. The molecule has 0 saturated heterocycles. The normalized spacial score (nSPS) is 10.7. The first-order valence-electron chi connectivity index (χ1n) is 4.96. The van der Waals surface area contributed by atoms with Crippen LogP contribution in [0.3, 0.4) is 0 Å². The number of aromatic nitrogens is 1. The molecule has 0 aliphatic rings. The van der Waals surface area contributed by atoms with Crippen LogP contribution in [0, 0.1) is 5.82 Å². The van der Waals surface area contributed by atoms with E-state index >= 15 is 0 Å². The molecule has 0 amide bonds. The van der Waals surface area contributed by atoms with E-state index < -0.39 is 5.82 Å². The summed E-state index contributed by atoms with van der Waals surface area (Å²) < 4.78 is 12.7. The number of nitrogens with one attached hydrogen (secondary N) is 1. The molecule has 4 heteroatoms. The minimum Gasteiger partial charge on any atom is -0.314 e. The molecule has 0 aliphatic heterocycles. The second-order valence-corrected chi connectivity index (χ2v) is 3.67. The van der Waals surface area contributed by atoms with Crippen LogP contribution in [0.15, 0.2) is 18.5 Å². The third kappa shape index (κ3) is 4.16. The van der Waals surface area contributed by atoms with E-state index in [9.17, 15) is 9.18 Å². The first-order valence-corrected chi connectivity index (χ1v) is 4.96. The van der Waals surface area contributed by atoms with Crippen molar-refractivity contribution in [2.45, 2.75) is 26.3 Å². The maximum absolute atomic E-state index is 12.7. The Labute approximate surface area is 88.7 Å². The molecule has 0 spiro atoms. The summed E-state index contributed by atoms with van der Waals surface area (Å²) in [5.74, 6) is -0.562. The molecule has 1 aromatic heterocycles. The zero-order valence-corrected chi connectivity index (χ0v) is 8.96. The van der Waals surface area contributed by atoms with Crippen LogP contribution in [0.25, 0.3) is 0 Å². The quantitative estimate of drug-likeness (QED) is 0.753. The zero-order valence-electron chi connectivity index (χ0n) is 8.96. The first kappa shape index (κ1) is 11.8. The van der Waals surface area contributed by atoms with Crippen molar-refractivity contribution in [3.8, 4) is 0 Å². The molecule has 0 saturated carbocycles. The van der Waals surface area contributed by atoms with Crippen LogP contribution in [0.4, 0.5) is 4.39 Å². The summed E-state index contributed by atoms with van der Waals surface area (Å²) >= 11 is 0. The van der Waals surface area contributed by atoms with Crippen molar-refractivity contribution in [3.63, 3.8) is 0 Å². The van der Waals surface area contributed by atoms with Gasteiger partial charge in [-0.05, 0) is 6.07 Å². The molecule has 0 fully saturated rings. The SMILES string of the molecule is CC(C)NCCC(=O)c1cncc(F)c1. The van der Waals surface area contributed by atoms with Crippen LogP contribution in [-0.2, 0) is 0 Å². The van der Waals surface area contributed by atoms with Gasteiger partial charge in [-0.15, -0.1) is 0 Å². The van der Waals surface area contributed by atoms with Gasteiger partial charge in [-0.3, -0.25) is 9.78 Å². The smallest absolute Gasteiger partial charge is 0.165 e. The van der Waals surface area contributed by atoms with Crippen LogP contribution in [0.2, 0.25) is 0 Å². The van der Waals surface area contributed by atoms with Crippen LogP contribution < -0.4 is 5.32 Å². The Kier molecular flexibility index (Phi) is 4.37. The number of ketones is 1. The summed E-state index contributed by atoms with van der Waals surface area (Å²) in [5, 5.41) is 3.13. The second-order valence-electron chi connectivity index (χ2n) is 3.67. The fourth-order valence-corrected chi connectivity index (χ4v) is 1.18. The van der Waals surface area contributed by atoms with E-state index in [1.807, 2.05) is 13.8 Å². The monoisotopic (exact) mass is 210 g/mol. The lowest BCUT2D eigenvalue weighted by Gasteiger charge is -2.06. The molecular formula is C11H15FN2O. The van der Waals surface area contributed by atoms with Crippen molar-refractivity contribution in [1.29, 1.82) is 0 Å². The Morgan fingerprint density at radius 3 is 2.87 bits per heavy atom. The summed E-state index contributed by atoms with van der Waals surface area (Å²) in [6.07, 6.45) is 2.84. The Morgan fingerprint density at radius 1 is 1.53 bits per heavy atom. The number of hydrogen-bond donors (Lipinski definition) is 1. The van der Waals surface area contributed by atoms with E-state index in [0.29, 0.717) is 24.6 Å². The van der Waals surface area contributed by atoms with Gasteiger partial charge >= 0.3 is 0 Å². The molecule has 0 aliphatic carbocycles. The molecule has 1 aromatic rings. The molecule has 1 N–H and O–H groups in total. The largest absolute Gasteiger partial charge is 0.314 e. The molecule has 1 heterocycles. The highest BCUT2D eigenvalue weighted by Crippen LogP contribution is 2.03. The Morgan fingerprint density at radius 2 is 2.27 bits per heavy atom. The van der Waals surface area contributed by atoms with Crippen molar-refractivity contribution in [3.05, 3.63) is 29.8 Å². The number of nitrogens with zero attached hydrogens (tertiary/aromatic N) is 1. The highest BCUT2D eigenvalue weighted by Gasteiger charge is 2.06. The molecular weight excluding hydrogens is 195 g/mol. The third-order valence-corrected chi connectivity index (χ3v) is 1.93. The van der Waals surface area contributed by atoms with E-state index in [-0.39, 0.29) is 5.78 Å². The Balaban J connectivity index is 2.47. The summed E-state index contributed by atoms with van der Waals surface area (Å²) in [4.78, 5) is 15.2. The highest BCUT2D eigenvalue weighted by molar-refractivity contribution is 5.95. The first-order chi connectivity index (χ1) is 7.09. The van der Waals surface area contributed by atoms with Gasteiger partial charge in [0.25, 0.3) is 0 Å². The summed E-state index contributed by atoms with van der Waals surface area (Å²) in [6.45, 7) is 4.62. The number of Topliss-reactive ketones (excluding diaryl/α,β-unsaturated/α-hetero) is 1. The minimum absolute atomic E-state index is 0.0878. The molecule has 1 rings (SSSR count). The van der Waals surface area contributed by atoms with E-state index in [4.69, 9.17) is 0 Å². The summed E-state index contributed by atoms with van der Waals surface area (Å²) in [7, 11) is 0. The molecule has 0 atom stereocenters. The average Bonchev–Trinajstić information content (AvgIpc) is 2.17. The van der Waals surface area contributed by atoms with Crippen molar-refractivity contribution in [1.82, 2.24) is 10.3 Å². The standard InChI is InChI=1S/C11H15FN2O/c1-8(2)14-4-3-11(15)9-5-10(12)7-13-6-9/h5-8,14H,3-4H2,1-2H3. The number of rotatable bonds is 5. The lowest BCUT2D eigenvalue weighted by atomic mass is 10.1. The van der Waals surface area contributed by atoms with Gasteiger partial charge in [0.15, 0.2) is 5.78 Å². The molecule has 0 aromatic carbocycles. The Bertz CT molecular complexity index is 339.